The number of hydrogen-bond acceptors (Lipinski definition) is 4. The first-order valence-corrected chi connectivity index (χ1v) is 9.10. The minimum absolute atomic E-state index is 0.807. The smallest absolute Gasteiger partial charge is 0.141 e. The van der Waals surface area contributed by atoms with Gasteiger partial charge in [0.15, 0.2) is 0 Å². The van der Waals surface area contributed by atoms with Crippen LogP contribution in [0.15, 0.2) is 22.9 Å². The third-order valence-corrected chi connectivity index (χ3v) is 5.32. The second kappa shape index (κ2) is 6.51. The lowest BCUT2D eigenvalue weighted by Gasteiger charge is -2.17. The lowest BCUT2D eigenvalue weighted by molar-refractivity contribution is 0.393. The van der Waals surface area contributed by atoms with Gasteiger partial charge < -0.3 is 9.26 Å². The Hall–Kier alpha value is -2.36. The molecule has 0 amide bonds. The van der Waals surface area contributed by atoms with E-state index >= 15 is 0 Å². The summed E-state index contributed by atoms with van der Waals surface area (Å²) in [4.78, 5) is 4.77. The van der Waals surface area contributed by atoms with Gasteiger partial charge in [-0.1, -0.05) is 18.0 Å². The molecule has 0 atom stereocenters. The minimum atomic E-state index is 0.807. The van der Waals surface area contributed by atoms with Gasteiger partial charge in [0.2, 0.25) is 0 Å². The summed E-state index contributed by atoms with van der Waals surface area (Å²) < 4.78 is 11.1. The zero-order chi connectivity index (χ0) is 17.4. The molecule has 1 aliphatic rings. The summed E-state index contributed by atoms with van der Waals surface area (Å²) in [5.74, 6) is 1.67. The topological polar surface area (TPSA) is 48.2 Å². The number of hydrogen-bond donors (Lipinski definition) is 0. The van der Waals surface area contributed by atoms with E-state index in [9.17, 15) is 0 Å². The predicted octanol–water partition coefficient (Wildman–Crippen LogP) is 5.17. The van der Waals surface area contributed by atoms with Gasteiger partial charge in [0.1, 0.15) is 11.5 Å². The molecule has 130 valence electrons. The van der Waals surface area contributed by atoms with Crippen LogP contribution >= 0.6 is 0 Å². The molecular formula is C21H24N2O2. The molecule has 4 rings (SSSR count). The first-order chi connectivity index (χ1) is 12.2. The maximum absolute atomic E-state index is 5.74. The quantitative estimate of drug-likeness (QED) is 0.647. The molecule has 25 heavy (non-hydrogen) atoms. The Balaban J connectivity index is 1.95. The van der Waals surface area contributed by atoms with Crippen LogP contribution in [-0.4, -0.2) is 17.3 Å². The van der Waals surface area contributed by atoms with E-state index in [1.165, 1.54) is 42.2 Å². The van der Waals surface area contributed by atoms with Crippen molar-refractivity contribution in [2.24, 2.45) is 0 Å². The molecule has 4 heteroatoms. The summed E-state index contributed by atoms with van der Waals surface area (Å²) in [6.45, 7) is 3.90. The van der Waals surface area contributed by atoms with Gasteiger partial charge in [0.25, 0.3) is 0 Å². The fraction of sp³-hybridized carbons (Fsp3) is 0.429. The average molecular weight is 336 g/mol. The highest BCUT2D eigenvalue weighted by Crippen LogP contribution is 2.39. The average Bonchev–Trinajstić information content (AvgIpc) is 2.92. The summed E-state index contributed by atoms with van der Waals surface area (Å²) in [5.41, 5.74) is 6.76. The van der Waals surface area contributed by atoms with Crippen LogP contribution in [0.3, 0.4) is 0 Å². The van der Waals surface area contributed by atoms with Gasteiger partial charge >= 0.3 is 0 Å². The molecule has 0 bridgehead atoms. The molecule has 0 radical (unpaired) electrons. The first kappa shape index (κ1) is 16.1. The zero-order valence-corrected chi connectivity index (χ0v) is 15.2. The highest BCUT2D eigenvalue weighted by Gasteiger charge is 2.19. The molecule has 0 fully saturated rings. The Morgan fingerprint density at radius 3 is 2.56 bits per heavy atom. The van der Waals surface area contributed by atoms with Crippen molar-refractivity contribution in [2.45, 2.75) is 52.4 Å². The van der Waals surface area contributed by atoms with Crippen molar-refractivity contribution in [3.8, 4) is 16.9 Å². The van der Waals surface area contributed by atoms with Crippen LogP contribution in [0.1, 0.15) is 48.3 Å². The third kappa shape index (κ3) is 2.80. The monoisotopic (exact) mass is 336 g/mol. The fourth-order valence-corrected chi connectivity index (χ4v) is 4.03. The van der Waals surface area contributed by atoms with Crippen molar-refractivity contribution < 1.29 is 9.26 Å². The second-order valence-electron chi connectivity index (χ2n) is 6.95. The summed E-state index contributed by atoms with van der Waals surface area (Å²) in [6, 6.07) is 4.28. The Labute approximate surface area is 148 Å². The molecule has 0 spiro atoms. The molecule has 0 unspecified atom stereocenters. The summed E-state index contributed by atoms with van der Waals surface area (Å²) >= 11 is 0. The van der Waals surface area contributed by atoms with Gasteiger partial charge in [-0.3, -0.25) is 4.98 Å². The van der Waals surface area contributed by atoms with Crippen LogP contribution in [-0.2, 0) is 12.8 Å². The maximum atomic E-state index is 5.74. The third-order valence-electron chi connectivity index (χ3n) is 5.32. The molecule has 0 aliphatic heterocycles. The Bertz CT molecular complexity index is 908. The number of aromatic nitrogens is 2. The molecular weight excluding hydrogens is 312 g/mol. The number of fused-ring (bicyclic) bond motifs is 3. The first-order valence-electron chi connectivity index (χ1n) is 9.10. The van der Waals surface area contributed by atoms with Gasteiger partial charge in [0.05, 0.1) is 23.9 Å². The number of aryl methyl sites for hydroxylation is 4. The summed E-state index contributed by atoms with van der Waals surface area (Å²) in [7, 11) is 1.73. The number of pyridine rings is 1. The number of methoxy groups -OCH3 is 1. The van der Waals surface area contributed by atoms with E-state index in [0.29, 0.717) is 0 Å². The number of benzene rings is 1. The van der Waals surface area contributed by atoms with Crippen LogP contribution in [0, 0.1) is 13.8 Å². The van der Waals surface area contributed by atoms with E-state index in [-0.39, 0.29) is 0 Å². The predicted molar refractivity (Wildman–Crippen MR) is 99.1 cm³/mol. The zero-order valence-electron chi connectivity index (χ0n) is 15.2. The molecule has 0 N–H and O–H groups in total. The van der Waals surface area contributed by atoms with Gasteiger partial charge in [-0.05, 0) is 62.8 Å². The van der Waals surface area contributed by atoms with Gasteiger partial charge in [-0.2, -0.15) is 0 Å². The van der Waals surface area contributed by atoms with E-state index in [4.69, 9.17) is 14.2 Å². The highest BCUT2D eigenvalue weighted by molar-refractivity contribution is 5.91. The fourth-order valence-electron chi connectivity index (χ4n) is 4.03. The Morgan fingerprint density at radius 2 is 1.84 bits per heavy atom. The normalized spacial score (nSPS) is 14.8. The molecule has 2 aromatic heterocycles. The van der Waals surface area contributed by atoms with Crippen LogP contribution < -0.4 is 4.74 Å². The van der Waals surface area contributed by atoms with Crippen molar-refractivity contribution in [2.75, 3.05) is 7.11 Å². The number of ether oxygens (including phenoxy) is 1. The van der Waals surface area contributed by atoms with Crippen LogP contribution in [0.5, 0.6) is 5.75 Å². The Morgan fingerprint density at radius 1 is 1.04 bits per heavy atom. The molecule has 3 aromatic rings. The standard InChI is InChI=1S/C21H24N2O2/c1-13-21(14(2)25-23-13)18-10-19-17(11-20(18)24-3)16-9-7-5-4-6-8-15(16)12-22-19/h10-12H,4-9H2,1-3H3. The number of rotatable bonds is 2. The van der Waals surface area contributed by atoms with E-state index in [1.807, 2.05) is 13.8 Å². The molecule has 1 aromatic carbocycles. The van der Waals surface area contributed by atoms with Crippen molar-refractivity contribution in [3.05, 3.63) is 40.9 Å². The van der Waals surface area contributed by atoms with Gasteiger partial charge in [0, 0.05) is 17.1 Å². The molecule has 0 saturated heterocycles. The van der Waals surface area contributed by atoms with Crippen LogP contribution in [0.2, 0.25) is 0 Å². The minimum Gasteiger partial charge on any atom is -0.496 e. The molecule has 0 saturated carbocycles. The number of nitrogens with zero attached hydrogens (tertiary/aromatic N) is 2. The summed E-state index contributed by atoms with van der Waals surface area (Å²) in [6.07, 6.45) is 9.48. The van der Waals surface area contributed by atoms with Crippen LogP contribution in [0.25, 0.3) is 22.0 Å². The second-order valence-corrected chi connectivity index (χ2v) is 6.95. The molecule has 1 aliphatic carbocycles. The largest absolute Gasteiger partial charge is 0.496 e. The highest BCUT2D eigenvalue weighted by atomic mass is 16.5. The lowest BCUT2D eigenvalue weighted by atomic mass is 9.90. The van der Waals surface area contributed by atoms with E-state index in [0.717, 1.165) is 46.7 Å². The van der Waals surface area contributed by atoms with Gasteiger partial charge in [-0.25, -0.2) is 0 Å². The molecule has 2 heterocycles. The van der Waals surface area contributed by atoms with E-state index in [1.54, 1.807) is 7.11 Å². The summed E-state index contributed by atoms with van der Waals surface area (Å²) in [5, 5.41) is 5.32. The maximum Gasteiger partial charge on any atom is 0.141 e. The molecule has 4 nitrogen and oxygen atoms in total. The van der Waals surface area contributed by atoms with Gasteiger partial charge in [-0.15, -0.1) is 0 Å². The van der Waals surface area contributed by atoms with Crippen molar-refractivity contribution in [1.82, 2.24) is 10.1 Å². The van der Waals surface area contributed by atoms with Crippen molar-refractivity contribution in [3.63, 3.8) is 0 Å². The van der Waals surface area contributed by atoms with E-state index < -0.39 is 0 Å². The Kier molecular flexibility index (Phi) is 4.20. The van der Waals surface area contributed by atoms with E-state index in [2.05, 4.69) is 23.5 Å². The van der Waals surface area contributed by atoms with Crippen molar-refractivity contribution in [1.29, 1.82) is 0 Å². The SMILES string of the molecule is COc1cc2c3c(cnc2cc1-c1c(C)noc1C)CCCCCC3. The van der Waals surface area contributed by atoms with Crippen molar-refractivity contribution >= 4 is 10.9 Å². The van der Waals surface area contributed by atoms with Crippen LogP contribution in [0.4, 0.5) is 0 Å². The lowest BCUT2D eigenvalue weighted by Crippen LogP contribution is -2.02.